The Balaban J connectivity index is 1.64. The van der Waals surface area contributed by atoms with Crippen LogP contribution in [-0.4, -0.2) is 41.2 Å². The van der Waals surface area contributed by atoms with E-state index in [1.807, 2.05) is 18.2 Å². The molecule has 2 unspecified atom stereocenters. The van der Waals surface area contributed by atoms with Gasteiger partial charge >= 0.3 is 0 Å². The molecule has 1 saturated heterocycles. The average Bonchev–Trinajstić information content (AvgIpc) is 2.82. The summed E-state index contributed by atoms with van der Waals surface area (Å²) in [6.07, 6.45) is 0.614. The Morgan fingerprint density at radius 1 is 1.35 bits per heavy atom. The van der Waals surface area contributed by atoms with Crippen LogP contribution < -0.4 is 4.74 Å². The number of aliphatic hydroxyl groups excluding tert-OH is 1. The van der Waals surface area contributed by atoms with E-state index < -0.39 is 6.10 Å². The molecule has 0 bridgehead atoms. The van der Waals surface area contributed by atoms with Gasteiger partial charge in [-0.15, -0.1) is 0 Å². The SMILES string of the molecule is O=C1CC(O)CN1CC1Cc2ccccc2O1. The lowest BCUT2D eigenvalue weighted by molar-refractivity contribution is -0.128. The Bertz CT molecular complexity index is 421. The van der Waals surface area contributed by atoms with Crippen molar-refractivity contribution in [1.82, 2.24) is 4.90 Å². The Hall–Kier alpha value is -1.55. The number of nitrogens with zero attached hydrogens (tertiary/aromatic N) is 1. The summed E-state index contributed by atoms with van der Waals surface area (Å²) >= 11 is 0. The molecular weight excluding hydrogens is 218 g/mol. The number of benzene rings is 1. The number of likely N-dealkylation sites (tertiary alicyclic amines) is 1. The van der Waals surface area contributed by atoms with Crippen LogP contribution in [0.15, 0.2) is 24.3 Å². The fourth-order valence-electron chi connectivity index (χ4n) is 2.53. The van der Waals surface area contributed by atoms with E-state index in [1.54, 1.807) is 4.90 Å². The van der Waals surface area contributed by atoms with Gasteiger partial charge < -0.3 is 14.7 Å². The third kappa shape index (κ3) is 2.00. The molecule has 2 aliphatic rings. The Morgan fingerprint density at radius 2 is 2.18 bits per heavy atom. The van der Waals surface area contributed by atoms with E-state index in [1.165, 1.54) is 5.56 Å². The maximum Gasteiger partial charge on any atom is 0.225 e. The summed E-state index contributed by atoms with van der Waals surface area (Å²) in [5, 5.41) is 9.41. The third-order valence-electron chi connectivity index (χ3n) is 3.33. The number of rotatable bonds is 2. The van der Waals surface area contributed by atoms with Crippen LogP contribution in [0.3, 0.4) is 0 Å². The standard InChI is InChI=1S/C13H15NO3/c15-10-6-13(16)14(7-10)8-11-5-9-3-1-2-4-12(9)17-11/h1-4,10-11,15H,5-8H2. The van der Waals surface area contributed by atoms with Gasteiger partial charge in [0, 0.05) is 13.0 Å². The summed E-state index contributed by atoms with van der Waals surface area (Å²) in [7, 11) is 0. The second-order valence-electron chi connectivity index (χ2n) is 4.71. The number of amides is 1. The molecule has 1 N–H and O–H groups in total. The van der Waals surface area contributed by atoms with Gasteiger partial charge in [-0.05, 0) is 11.6 Å². The van der Waals surface area contributed by atoms with Crippen molar-refractivity contribution >= 4 is 5.91 Å². The zero-order valence-electron chi connectivity index (χ0n) is 9.50. The largest absolute Gasteiger partial charge is 0.488 e. The fraction of sp³-hybridized carbons (Fsp3) is 0.462. The molecule has 3 rings (SSSR count). The van der Waals surface area contributed by atoms with E-state index in [9.17, 15) is 9.90 Å². The van der Waals surface area contributed by atoms with Gasteiger partial charge in [-0.2, -0.15) is 0 Å². The molecule has 2 atom stereocenters. The first kappa shape index (κ1) is 10.6. The van der Waals surface area contributed by atoms with Crippen molar-refractivity contribution in [2.24, 2.45) is 0 Å². The molecule has 17 heavy (non-hydrogen) atoms. The summed E-state index contributed by atoms with van der Waals surface area (Å²) < 4.78 is 5.78. The van der Waals surface area contributed by atoms with Crippen molar-refractivity contribution in [3.05, 3.63) is 29.8 Å². The highest BCUT2D eigenvalue weighted by molar-refractivity contribution is 5.79. The average molecular weight is 233 g/mol. The van der Waals surface area contributed by atoms with Gasteiger partial charge in [-0.3, -0.25) is 4.79 Å². The van der Waals surface area contributed by atoms with E-state index in [4.69, 9.17) is 4.74 Å². The van der Waals surface area contributed by atoms with Gasteiger partial charge in [0.25, 0.3) is 0 Å². The summed E-state index contributed by atoms with van der Waals surface area (Å²) in [5.74, 6) is 0.946. The number of para-hydroxylation sites is 1. The number of fused-ring (bicyclic) bond motifs is 1. The highest BCUT2D eigenvalue weighted by Crippen LogP contribution is 2.29. The number of ether oxygens (including phenoxy) is 1. The van der Waals surface area contributed by atoms with Gasteiger partial charge in [0.15, 0.2) is 0 Å². The van der Waals surface area contributed by atoms with Gasteiger partial charge in [-0.1, -0.05) is 18.2 Å². The molecule has 0 aromatic heterocycles. The highest BCUT2D eigenvalue weighted by atomic mass is 16.5. The van der Waals surface area contributed by atoms with Gasteiger partial charge in [0.1, 0.15) is 11.9 Å². The number of carbonyl (C=O) groups is 1. The molecule has 90 valence electrons. The third-order valence-corrected chi connectivity index (χ3v) is 3.33. The molecule has 0 aliphatic carbocycles. The van der Waals surface area contributed by atoms with Crippen molar-refractivity contribution < 1.29 is 14.6 Å². The summed E-state index contributed by atoms with van der Waals surface area (Å²) in [4.78, 5) is 13.3. The molecule has 2 aliphatic heterocycles. The van der Waals surface area contributed by atoms with E-state index in [-0.39, 0.29) is 18.4 Å². The molecular formula is C13H15NO3. The monoisotopic (exact) mass is 233 g/mol. The second kappa shape index (κ2) is 4.04. The van der Waals surface area contributed by atoms with Crippen LogP contribution in [0.25, 0.3) is 0 Å². The molecule has 1 fully saturated rings. The fourth-order valence-corrected chi connectivity index (χ4v) is 2.53. The van der Waals surface area contributed by atoms with Crippen LogP contribution in [0.2, 0.25) is 0 Å². The molecule has 4 nitrogen and oxygen atoms in total. The maximum atomic E-state index is 11.6. The van der Waals surface area contributed by atoms with Crippen molar-refractivity contribution in [2.45, 2.75) is 25.0 Å². The van der Waals surface area contributed by atoms with Gasteiger partial charge in [0.2, 0.25) is 5.91 Å². The maximum absolute atomic E-state index is 11.6. The predicted octanol–water partition coefficient (Wildman–Crippen LogP) is 0.583. The molecule has 0 saturated carbocycles. The molecule has 1 aromatic rings. The van der Waals surface area contributed by atoms with Gasteiger partial charge in [-0.25, -0.2) is 0 Å². The summed E-state index contributed by atoms with van der Waals surface area (Å²) in [6.45, 7) is 1.01. The molecule has 0 spiro atoms. The normalized spacial score (nSPS) is 27.1. The van der Waals surface area contributed by atoms with E-state index in [2.05, 4.69) is 6.07 Å². The van der Waals surface area contributed by atoms with Crippen LogP contribution in [0.1, 0.15) is 12.0 Å². The van der Waals surface area contributed by atoms with Crippen LogP contribution in [0.5, 0.6) is 5.75 Å². The van der Waals surface area contributed by atoms with Crippen molar-refractivity contribution in [3.63, 3.8) is 0 Å². The summed E-state index contributed by atoms with van der Waals surface area (Å²) in [5.41, 5.74) is 1.20. The first-order chi connectivity index (χ1) is 8.22. The summed E-state index contributed by atoms with van der Waals surface area (Å²) in [6, 6.07) is 7.95. The minimum Gasteiger partial charge on any atom is -0.488 e. The smallest absolute Gasteiger partial charge is 0.225 e. The molecule has 0 radical (unpaired) electrons. The first-order valence-electron chi connectivity index (χ1n) is 5.93. The second-order valence-corrected chi connectivity index (χ2v) is 4.71. The van der Waals surface area contributed by atoms with Crippen molar-refractivity contribution in [1.29, 1.82) is 0 Å². The number of carbonyl (C=O) groups excluding carboxylic acids is 1. The van der Waals surface area contributed by atoms with Crippen LogP contribution >= 0.6 is 0 Å². The minimum absolute atomic E-state index is 0.0251. The van der Waals surface area contributed by atoms with Crippen molar-refractivity contribution in [2.75, 3.05) is 13.1 Å². The molecule has 4 heteroatoms. The van der Waals surface area contributed by atoms with E-state index in [0.717, 1.165) is 12.2 Å². The first-order valence-corrected chi connectivity index (χ1v) is 5.93. The number of aliphatic hydroxyl groups is 1. The van der Waals surface area contributed by atoms with Crippen LogP contribution in [0.4, 0.5) is 0 Å². The van der Waals surface area contributed by atoms with Crippen molar-refractivity contribution in [3.8, 4) is 5.75 Å². The quantitative estimate of drug-likeness (QED) is 0.813. The van der Waals surface area contributed by atoms with E-state index in [0.29, 0.717) is 13.1 Å². The number of hydrogen-bond acceptors (Lipinski definition) is 3. The lowest BCUT2D eigenvalue weighted by Crippen LogP contribution is -2.36. The van der Waals surface area contributed by atoms with Gasteiger partial charge in [0.05, 0.1) is 19.1 Å². The van der Waals surface area contributed by atoms with Crippen LogP contribution in [0, 0.1) is 0 Å². The highest BCUT2D eigenvalue weighted by Gasteiger charge is 2.32. The Labute approximate surface area is 99.8 Å². The zero-order chi connectivity index (χ0) is 11.8. The minimum atomic E-state index is -0.508. The zero-order valence-corrected chi connectivity index (χ0v) is 9.50. The molecule has 1 aromatic carbocycles. The predicted molar refractivity (Wildman–Crippen MR) is 61.8 cm³/mol. The lowest BCUT2D eigenvalue weighted by atomic mass is 10.1. The Kier molecular flexibility index (Phi) is 2.52. The number of hydrogen-bond donors (Lipinski definition) is 1. The molecule has 2 heterocycles. The topological polar surface area (TPSA) is 49.8 Å². The van der Waals surface area contributed by atoms with E-state index >= 15 is 0 Å². The Morgan fingerprint density at radius 3 is 2.88 bits per heavy atom. The van der Waals surface area contributed by atoms with Crippen LogP contribution in [-0.2, 0) is 11.2 Å². The number of β-amino-alcohol motifs (C(OH)–C–C–N with tert-alkyl or cyclic N) is 1. The lowest BCUT2D eigenvalue weighted by Gasteiger charge is -2.20. The molecule has 1 amide bonds.